The van der Waals surface area contributed by atoms with Crippen LogP contribution in [0.4, 0.5) is 5.69 Å². The van der Waals surface area contributed by atoms with E-state index in [1.165, 1.54) is 0 Å². The van der Waals surface area contributed by atoms with Crippen molar-refractivity contribution in [3.63, 3.8) is 0 Å². The summed E-state index contributed by atoms with van der Waals surface area (Å²) in [5.41, 5.74) is 12.0. The number of hydrogen-bond acceptors (Lipinski definition) is 5. The Morgan fingerprint density at radius 2 is 0.984 bits per heavy atom. The van der Waals surface area contributed by atoms with Crippen molar-refractivity contribution in [3.8, 4) is 85.4 Å². The first-order valence-corrected chi connectivity index (χ1v) is 19.7. The SMILES string of the molecule is [C-]#[N+]c1cccc(-c2cc(-c3nc(-c4ccccc4)nc(-c4ccccc4)n3)cc(-c3cccc(C#N)c3)c2-n2c3ccccc3c3cc(-c4ccccc4C#N)ccc32)c1. The van der Waals surface area contributed by atoms with Gasteiger partial charge in [0, 0.05) is 38.6 Å². The summed E-state index contributed by atoms with van der Waals surface area (Å²) >= 11 is 0. The lowest BCUT2D eigenvalue weighted by molar-refractivity contribution is 1.07. The maximum atomic E-state index is 10.2. The van der Waals surface area contributed by atoms with Gasteiger partial charge >= 0.3 is 0 Å². The summed E-state index contributed by atoms with van der Waals surface area (Å²) in [6.45, 7) is 7.98. The van der Waals surface area contributed by atoms with Gasteiger partial charge in [0.1, 0.15) is 0 Å². The Morgan fingerprint density at radius 1 is 0.426 bits per heavy atom. The van der Waals surface area contributed by atoms with Crippen molar-refractivity contribution in [2.75, 3.05) is 0 Å². The fraction of sp³-hybridized carbons (Fsp3) is 0. The van der Waals surface area contributed by atoms with Crippen LogP contribution in [0, 0.1) is 29.2 Å². The second-order valence-electron chi connectivity index (χ2n) is 14.6. The zero-order chi connectivity index (χ0) is 41.3. The van der Waals surface area contributed by atoms with Crippen LogP contribution in [0.15, 0.2) is 188 Å². The molecule has 0 aliphatic carbocycles. The highest BCUT2D eigenvalue weighted by atomic mass is 15.0. The standard InChI is InChI=1S/C54H31N7/c1-57-43-22-13-21-39(29-43)47-32-42(54-59-52(36-15-4-2-5-16-36)58-53(60-54)37-17-6-3-7-18-37)31-46(38-20-12-14-35(28-38)33-55)51(47)61-49-25-11-10-24-45(49)48-30-40(26-27-50(48)61)44-23-9-8-19-41(44)34-56/h2-32H. The summed E-state index contributed by atoms with van der Waals surface area (Å²) in [5, 5.41) is 22.2. The van der Waals surface area contributed by atoms with Crippen molar-refractivity contribution in [1.29, 1.82) is 10.5 Å². The summed E-state index contributed by atoms with van der Waals surface area (Å²) in [5.74, 6) is 1.55. The molecule has 7 heteroatoms. The summed E-state index contributed by atoms with van der Waals surface area (Å²) in [4.78, 5) is 19.0. The van der Waals surface area contributed by atoms with Gasteiger partial charge in [-0.3, -0.25) is 0 Å². The van der Waals surface area contributed by atoms with Crippen molar-refractivity contribution >= 4 is 27.5 Å². The number of para-hydroxylation sites is 1. The van der Waals surface area contributed by atoms with Crippen LogP contribution in [0.1, 0.15) is 11.1 Å². The third-order valence-corrected chi connectivity index (χ3v) is 10.9. The summed E-state index contributed by atoms with van der Waals surface area (Å²) < 4.78 is 2.28. The summed E-state index contributed by atoms with van der Waals surface area (Å²) in [6, 6.07) is 66.3. The van der Waals surface area contributed by atoms with Gasteiger partial charge in [-0.2, -0.15) is 10.5 Å². The van der Waals surface area contributed by atoms with E-state index in [2.05, 4.69) is 64.0 Å². The van der Waals surface area contributed by atoms with Crippen LogP contribution < -0.4 is 0 Å². The van der Waals surface area contributed by atoms with Gasteiger partial charge in [-0.15, -0.1) is 0 Å². The first-order chi connectivity index (χ1) is 30.1. The van der Waals surface area contributed by atoms with Gasteiger partial charge in [-0.25, -0.2) is 19.8 Å². The third-order valence-electron chi connectivity index (χ3n) is 10.9. The molecule has 0 N–H and O–H groups in total. The monoisotopic (exact) mass is 777 g/mol. The van der Waals surface area contributed by atoms with Crippen LogP contribution >= 0.6 is 0 Å². The molecule has 2 aromatic heterocycles. The quantitative estimate of drug-likeness (QED) is 0.150. The van der Waals surface area contributed by atoms with E-state index in [1.807, 2.05) is 140 Å². The molecule has 0 saturated carbocycles. The van der Waals surface area contributed by atoms with Gasteiger partial charge in [0.2, 0.25) is 0 Å². The van der Waals surface area contributed by atoms with Gasteiger partial charge in [0.25, 0.3) is 0 Å². The molecule has 7 nitrogen and oxygen atoms in total. The number of nitrogens with zero attached hydrogens (tertiary/aromatic N) is 7. The third kappa shape index (κ3) is 6.63. The van der Waals surface area contributed by atoms with E-state index in [1.54, 1.807) is 6.07 Å². The minimum absolute atomic E-state index is 0.475. The summed E-state index contributed by atoms with van der Waals surface area (Å²) in [7, 11) is 0. The van der Waals surface area contributed by atoms with Crippen molar-refractivity contribution in [2.45, 2.75) is 0 Å². The predicted molar refractivity (Wildman–Crippen MR) is 242 cm³/mol. The van der Waals surface area contributed by atoms with Gasteiger partial charge in [-0.1, -0.05) is 133 Å². The molecule has 282 valence electrons. The molecule has 0 unspecified atom stereocenters. The normalized spacial score (nSPS) is 10.9. The topological polar surface area (TPSA) is 95.5 Å². The molecule has 0 aliphatic heterocycles. The molecule has 0 radical (unpaired) electrons. The highest BCUT2D eigenvalue weighted by molar-refractivity contribution is 6.12. The van der Waals surface area contributed by atoms with Crippen LogP contribution in [0.5, 0.6) is 0 Å². The number of benzene rings is 8. The van der Waals surface area contributed by atoms with Crippen LogP contribution in [0.25, 0.3) is 99.9 Å². The van der Waals surface area contributed by atoms with Crippen molar-refractivity contribution < 1.29 is 0 Å². The van der Waals surface area contributed by atoms with E-state index < -0.39 is 0 Å². The van der Waals surface area contributed by atoms with Gasteiger partial charge < -0.3 is 4.57 Å². The Labute approximate surface area is 352 Å². The second kappa shape index (κ2) is 15.4. The lowest BCUT2D eigenvalue weighted by Gasteiger charge is -2.21. The maximum Gasteiger partial charge on any atom is 0.187 e. The van der Waals surface area contributed by atoms with Crippen LogP contribution in [0.3, 0.4) is 0 Å². The molecule has 2 heterocycles. The Bertz CT molecular complexity index is 3320. The molecule has 0 amide bonds. The molecule has 0 aliphatic rings. The molecule has 10 rings (SSSR count). The fourth-order valence-corrected chi connectivity index (χ4v) is 8.10. The minimum Gasteiger partial charge on any atom is -0.308 e. The van der Waals surface area contributed by atoms with E-state index in [0.29, 0.717) is 34.3 Å². The molecule has 10 aromatic rings. The average Bonchev–Trinajstić information content (AvgIpc) is 3.67. The van der Waals surface area contributed by atoms with Gasteiger partial charge in [0.05, 0.1) is 46.6 Å². The fourth-order valence-electron chi connectivity index (χ4n) is 8.10. The number of aromatic nitrogens is 4. The minimum atomic E-state index is 0.475. The lowest BCUT2D eigenvalue weighted by atomic mass is 9.91. The predicted octanol–water partition coefficient (Wildman–Crippen LogP) is 13.3. The van der Waals surface area contributed by atoms with Crippen LogP contribution in [-0.2, 0) is 0 Å². The molecule has 0 fully saturated rings. The molecular formula is C54H31N7. The largest absolute Gasteiger partial charge is 0.308 e. The van der Waals surface area contributed by atoms with Gasteiger partial charge in [0.15, 0.2) is 23.2 Å². The molecule has 0 saturated heterocycles. The molecule has 61 heavy (non-hydrogen) atoms. The van der Waals surface area contributed by atoms with E-state index >= 15 is 0 Å². The van der Waals surface area contributed by atoms with E-state index in [9.17, 15) is 10.5 Å². The first kappa shape index (κ1) is 36.4. The van der Waals surface area contributed by atoms with E-state index in [0.717, 1.165) is 77.6 Å². The molecular weight excluding hydrogens is 747 g/mol. The summed E-state index contributed by atoms with van der Waals surface area (Å²) in [6.07, 6.45) is 0. The Hall–Kier alpha value is -8.96. The molecule has 0 bridgehead atoms. The first-order valence-electron chi connectivity index (χ1n) is 19.7. The maximum absolute atomic E-state index is 10.2. The van der Waals surface area contributed by atoms with Gasteiger partial charge in [-0.05, 0) is 76.9 Å². The number of fused-ring (bicyclic) bond motifs is 3. The lowest BCUT2D eigenvalue weighted by Crippen LogP contribution is -2.04. The van der Waals surface area contributed by atoms with E-state index in [-0.39, 0.29) is 0 Å². The average molecular weight is 778 g/mol. The zero-order valence-electron chi connectivity index (χ0n) is 32.5. The molecule has 0 spiro atoms. The Balaban J connectivity index is 1.33. The molecule has 0 atom stereocenters. The van der Waals surface area contributed by atoms with Crippen molar-refractivity contribution in [1.82, 2.24) is 19.5 Å². The Kier molecular flexibility index (Phi) is 9.20. The smallest absolute Gasteiger partial charge is 0.187 e. The Morgan fingerprint density at radius 3 is 1.66 bits per heavy atom. The zero-order valence-corrected chi connectivity index (χ0v) is 32.5. The second-order valence-corrected chi connectivity index (χ2v) is 14.6. The van der Waals surface area contributed by atoms with Crippen LogP contribution in [-0.4, -0.2) is 19.5 Å². The number of rotatable bonds is 7. The van der Waals surface area contributed by atoms with Crippen molar-refractivity contribution in [3.05, 3.63) is 211 Å². The van der Waals surface area contributed by atoms with Crippen LogP contribution in [0.2, 0.25) is 0 Å². The highest BCUT2D eigenvalue weighted by Gasteiger charge is 2.24. The number of hydrogen-bond donors (Lipinski definition) is 0. The highest BCUT2D eigenvalue weighted by Crippen LogP contribution is 2.45. The molecule has 8 aromatic carbocycles. The number of nitriles is 2. The van der Waals surface area contributed by atoms with E-state index in [4.69, 9.17) is 21.5 Å². The van der Waals surface area contributed by atoms with Crippen molar-refractivity contribution in [2.24, 2.45) is 0 Å².